The molecule has 1 rings (SSSR count). The maximum absolute atomic E-state index is 11.1. The van der Waals surface area contributed by atoms with Crippen molar-refractivity contribution in [3.8, 4) is 5.75 Å². The summed E-state index contributed by atoms with van der Waals surface area (Å²) in [5.74, 6) is 0.639. The van der Waals surface area contributed by atoms with Crippen LogP contribution in [0.3, 0.4) is 0 Å². The molecule has 64 valence electrons. The predicted molar refractivity (Wildman–Crippen MR) is 50.9 cm³/mol. The largest absolute Gasteiger partial charge is 1.00 e. The van der Waals surface area contributed by atoms with Crippen LogP contribution in [0.15, 0.2) is 43.0 Å². The first-order valence-corrected chi connectivity index (χ1v) is 4.98. The number of hydrogen-bond acceptors (Lipinski definition) is 2. The normalized spacial score (nSPS) is 9.69. The summed E-state index contributed by atoms with van der Waals surface area (Å²) in [7, 11) is -1.63. The fourth-order valence-electron chi connectivity index (χ4n) is 0.742. The van der Waals surface area contributed by atoms with Crippen LogP contribution in [0.5, 0.6) is 5.75 Å². The smallest absolute Gasteiger partial charge is 1.00 e. The Morgan fingerprint density at radius 3 is 2.62 bits per heavy atom. The fraction of sp³-hybridized carbons (Fsp3) is 0.111. The van der Waals surface area contributed by atoms with Gasteiger partial charge in [0.25, 0.3) is 0 Å². The Morgan fingerprint density at radius 1 is 1.46 bits per heavy atom. The van der Waals surface area contributed by atoms with Gasteiger partial charge in [0, 0.05) is 0 Å². The monoisotopic (exact) mass is 205 g/mol. The van der Waals surface area contributed by atoms with Crippen molar-refractivity contribution in [3.63, 3.8) is 0 Å². The van der Waals surface area contributed by atoms with Gasteiger partial charge in [-0.1, -0.05) is 24.8 Å². The molecule has 1 aromatic carbocycles. The van der Waals surface area contributed by atoms with E-state index in [1.165, 1.54) is 0 Å². The van der Waals surface area contributed by atoms with E-state index in [1.807, 2.05) is 18.2 Å². The SMILES string of the molecule is C=CC[P+](=O)Oc1ccccc1.[H-].[Na+]. The van der Waals surface area contributed by atoms with Crippen molar-refractivity contribution in [2.45, 2.75) is 0 Å². The summed E-state index contributed by atoms with van der Waals surface area (Å²) in [6.07, 6.45) is 1.98. The number of rotatable bonds is 4. The van der Waals surface area contributed by atoms with E-state index >= 15 is 0 Å². The third-order valence-electron chi connectivity index (χ3n) is 1.23. The van der Waals surface area contributed by atoms with Crippen molar-refractivity contribution in [3.05, 3.63) is 43.0 Å². The molecule has 0 aliphatic carbocycles. The van der Waals surface area contributed by atoms with Crippen LogP contribution in [0.1, 0.15) is 1.43 Å². The molecule has 1 aromatic rings. The molecule has 0 heterocycles. The molecule has 0 aliphatic heterocycles. The molecule has 0 bridgehead atoms. The second-order valence-corrected chi connectivity index (χ2v) is 3.42. The zero-order valence-electron chi connectivity index (χ0n) is 8.64. The van der Waals surface area contributed by atoms with Gasteiger partial charge in [0.05, 0.1) is 0 Å². The van der Waals surface area contributed by atoms with E-state index < -0.39 is 8.03 Å². The van der Waals surface area contributed by atoms with Gasteiger partial charge in [0.1, 0.15) is 0 Å². The molecule has 0 spiro atoms. The number of hydrogen-bond donors (Lipinski definition) is 0. The minimum absolute atomic E-state index is 0. The topological polar surface area (TPSA) is 26.3 Å². The maximum atomic E-state index is 11.1. The van der Waals surface area contributed by atoms with Crippen molar-refractivity contribution in [2.24, 2.45) is 0 Å². The molecule has 1 unspecified atom stereocenters. The Kier molecular flexibility index (Phi) is 7.20. The molecule has 0 amide bonds. The molecule has 0 aliphatic rings. The van der Waals surface area contributed by atoms with E-state index in [1.54, 1.807) is 18.2 Å². The van der Waals surface area contributed by atoms with Crippen LogP contribution < -0.4 is 34.1 Å². The average Bonchev–Trinajstić information content (AvgIpc) is 2.06. The van der Waals surface area contributed by atoms with E-state index in [-0.39, 0.29) is 31.0 Å². The Balaban J connectivity index is 0. The molecule has 0 saturated carbocycles. The van der Waals surface area contributed by atoms with Crippen molar-refractivity contribution in [1.82, 2.24) is 0 Å². The molecule has 0 radical (unpaired) electrons. The third kappa shape index (κ3) is 5.22. The summed E-state index contributed by atoms with van der Waals surface area (Å²) < 4.78 is 16.2. The van der Waals surface area contributed by atoms with Gasteiger partial charge in [-0.15, -0.1) is 0 Å². The number of benzene rings is 1. The summed E-state index contributed by atoms with van der Waals surface area (Å²) >= 11 is 0. The molecular formula is C9H11NaO2P+. The minimum Gasteiger partial charge on any atom is -1.00 e. The Hall–Kier alpha value is -0.140. The van der Waals surface area contributed by atoms with Crippen molar-refractivity contribution in [2.75, 3.05) is 6.16 Å². The second kappa shape index (κ2) is 7.28. The molecule has 0 N–H and O–H groups in total. The summed E-state index contributed by atoms with van der Waals surface area (Å²) in [4.78, 5) is 0. The van der Waals surface area contributed by atoms with Gasteiger partial charge in [0.2, 0.25) is 6.16 Å². The van der Waals surface area contributed by atoms with Gasteiger partial charge in [0.15, 0.2) is 5.75 Å². The van der Waals surface area contributed by atoms with E-state index in [0.29, 0.717) is 11.9 Å². The fourth-order valence-corrected chi connectivity index (χ4v) is 1.38. The van der Waals surface area contributed by atoms with Crippen LogP contribution in [0.25, 0.3) is 0 Å². The molecule has 4 heteroatoms. The first-order valence-electron chi connectivity index (χ1n) is 3.61. The minimum atomic E-state index is -1.63. The summed E-state index contributed by atoms with van der Waals surface area (Å²) in [6.45, 7) is 3.48. The molecule has 0 saturated heterocycles. The molecule has 0 fully saturated rings. The Morgan fingerprint density at radius 2 is 2.08 bits per heavy atom. The van der Waals surface area contributed by atoms with Crippen LogP contribution in [-0.2, 0) is 4.57 Å². The standard InChI is InChI=1S/C9H10O2P.Na.H/c1-2-8-12(10)11-9-6-4-3-5-7-9;;/h2-7H,1,8H2;;/q2*+1;-1. The van der Waals surface area contributed by atoms with Gasteiger partial charge in [-0.05, 0) is 22.8 Å². The zero-order valence-corrected chi connectivity index (χ0v) is 10.5. The molecule has 2 nitrogen and oxygen atoms in total. The van der Waals surface area contributed by atoms with Crippen LogP contribution in [-0.4, -0.2) is 6.16 Å². The number of para-hydroxylation sites is 1. The molecule has 13 heavy (non-hydrogen) atoms. The van der Waals surface area contributed by atoms with Crippen molar-refractivity contribution >= 4 is 8.03 Å². The summed E-state index contributed by atoms with van der Waals surface area (Å²) in [5, 5.41) is 0. The van der Waals surface area contributed by atoms with E-state index in [2.05, 4.69) is 6.58 Å². The Bertz CT molecular complexity index is 279. The summed E-state index contributed by atoms with van der Waals surface area (Å²) in [5.41, 5.74) is 0. The van der Waals surface area contributed by atoms with Crippen molar-refractivity contribution < 1.29 is 40.1 Å². The third-order valence-corrected chi connectivity index (χ3v) is 2.20. The van der Waals surface area contributed by atoms with Crippen LogP contribution in [0, 0.1) is 0 Å². The van der Waals surface area contributed by atoms with Gasteiger partial charge < -0.3 is 1.43 Å². The van der Waals surface area contributed by atoms with Crippen molar-refractivity contribution in [1.29, 1.82) is 0 Å². The second-order valence-electron chi connectivity index (χ2n) is 2.21. The zero-order chi connectivity index (χ0) is 8.81. The molecular weight excluding hydrogens is 194 g/mol. The quantitative estimate of drug-likeness (QED) is 0.396. The first-order chi connectivity index (χ1) is 5.83. The van der Waals surface area contributed by atoms with Crippen LogP contribution >= 0.6 is 8.03 Å². The van der Waals surface area contributed by atoms with Crippen LogP contribution in [0.2, 0.25) is 0 Å². The van der Waals surface area contributed by atoms with Crippen LogP contribution in [0.4, 0.5) is 0 Å². The van der Waals surface area contributed by atoms with Gasteiger partial charge in [-0.2, -0.15) is 0 Å². The summed E-state index contributed by atoms with van der Waals surface area (Å²) in [6, 6.07) is 9.11. The van der Waals surface area contributed by atoms with Gasteiger partial charge in [-0.3, -0.25) is 4.52 Å². The molecule has 0 aromatic heterocycles. The molecule has 1 atom stereocenters. The van der Waals surface area contributed by atoms with E-state index in [0.717, 1.165) is 0 Å². The predicted octanol–water partition coefficient (Wildman–Crippen LogP) is 0.110. The van der Waals surface area contributed by atoms with Gasteiger partial charge in [-0.25, -0.2) is 0 Å². The van der Waals surface area contributed by atoms with Gasteiger partial charge >= 0.3 is 37.6 Å². The maximum Gasteiger partial charge on any atom is 1.00 e. The Labute approximate surface area is 103 Å². The van der Waals surface area contributed by atoms with E-state index in [9.17, 15) is 4.57 Å². The van der Waals surface area contributed by atoms with E-state index in [4.69, 9.17) is 4.52 Å². The average molecular weight is 205 g/mol. The first kappa shape index (κ1) is 12.9. The number of allylic oxidation sites excluding steroid dienone is 1.